The van der Waals surface area contributed by atoms with Crippen LogP contribution in [-0.4, -0.2) is 69.9 Å². The average Bonchev–Trinajstić information content (AvgIpc) is 3.19. The first-order valence-corrected chi connectivity index (χ1v) is 9.31. The summed E-state index contributed by atoms with van der Waals surface area (Å²) in [5.41, 5.74) is 0.800. The second kappa shape index (κ2) is 10.9. The Hall–Kier alpha value is -2.49. The Balaban J connectivity index is 1.92. The van der Waals surface area contributed by atoms with E-state index in [1.54, 1.807) is 26.2 Å². The van der Waals surface area contributed by atoms with Gasteiger partial charge in [0.05, 0.1) is 19.7 Å². The smallest absolute Gasteiger partial charge is 0.422 e. The van der Waals surface area contributed by atoms with Crippen molar-refractivity contribution in [3.05, 3.63) is 29.8 Å². The molecular formula is C19H27F3N4O3. The third-order valence-corrected chi connectivity index (χ3v) is 4.23. The van der Waals surface area contributed by atoms with Crippen LogP contribution in [0.5, 0.6) is 5.75 Å². The molecule has 0 spiro atoms. The van der Waals surface area contributed by atoms with Crippen molar-refractivity contribution in [3.63, 3.8) is 0 Å². The van der Waals surface area contributed by atoms with Gasteiger partial charge in [-0.05, 0) is 24.1 Å². The number of ether oxygens (including phenoxy) is 2. The van der Waals surface area contributed by atoms with E-state index in [1.807, 2.05) is 0 Å². The standard InChI is InChI=1S/C19H27F3N4O3/c1-26(2)17(27)11-25-18(24-10-15-7-8-28-12-15)23-9-14-3-5-16(6-4-14)29-13-19(20,21)22/h3-6,15H,7-13H2,1-2H3,(H2,23,24,25). The number of carbonyl (C=O) groups is 1. The van der Waals surface area contributed by atoms with Crippen LogP contribution in [0.2, 0.25) is 0 Å². The number of hydrogen-bond acceptors (Lipinski definition) is 4. The second-order valence-electron chi connectivity index (χ2n) is 6.96. The van der Waals surface area contributed by atoms with E-state index in [1.165, 1.54) is 17.0 Å². The van der Waals surface area contributed by atoms with Crippen LogP contribution in [0, 0.1) is 5.92 Å². The summed E-state index contributed by atoms with van der Waals surface area (Å²) in [5, 5.41) is 6.21. The molecule has 0 bridgehead atoms. The lowest BCUT2D eigenvalue weighted by Crippen LogP contribution is -2.44. The number of hydrogen-bond donors (Lipinski definition) is 2. The van der Waals surface area contributed by atoms with E-state index in [9.17, 15) is 18.0 Å². The van der Waals surface area contributed by atoms with Crippen LogP contribution in [0.15, 0.2) is 29.3 Å². The van der Waals surface area contributed by atoms with Crippen molar-refractivity contribution in [1.29, 1.82) is 0 Å². The first-order valence-electron chi connectivity index (χ1n) is 9.31. The van der Waals surface area contributed by atoms with Gasteiger partial charge >= 0.3 is 6.18 Å². The number of aliphatic imine (C=N–C) groups is 1. The van der Waals surface area contributed by atoms with Gasteiger partial charge in [-0.15, -0.1) is 0 Å². The number of alkyl halides is 3. The van der Waals surface area contributed by atoms with Gasteiger partial charge in [0.15, 0.2) is 12.6 Å². The van der Waals surface area contributed by atoms with Crippen LogP contribution >= 0.6 is 0 Å². The Labute approximate surface area is 168 Å². The van der Waals surface area contributed by atoms with Crippen molar-refractivity contribution < 1.29 is 27.4 Å². The minimum absolute atomic E-state index is 0.0881. The number of nitrogens with one attached hydrogen (secondary N) is 2. The maximum absolute atomic E-state index is 12.2. The van der Waals surface area contributed by atoms with E-state index in [-0.39, 0.29) is 18.2 Å². The van der Waals surface area contributed by atoms with Crippen LogP contribution in [0.4, 0.5) is 13.2 Å². The maximum atomic E-state index is 12.2. The lowest BCUT2D eigenvalue weighted by atomic mass is 10.1. The highest BCUT2D eigenvalue weighted by Crippen LogP contribution is 2.19. The van der Waals surface area contributed by atoms with Gasteiger partial charge in [-0.25, -0.2) is 4.99 Å². The van der Waals surface area contributed by atoms with E-state index in [0.29, 0.717) is 31.6 Å². The van der Waals surface area contributed by atoms with Gasteiger partial charge in [0.1, 0.15) is 5.75 Å². The molecule has 1 amide bonds. The predicted octanol–water partition coefficient (Wildman–Crippen LogP) is 1.79. The number of benzene rings is 1. The number of rotatable bonds is 8. The Morgan fingerprint density at radius 3 is 2.59 bits per heavy atom. The number of carbonyl (C=O) groups excluding carboxylic acids is 1. The summed E-state index contributed by atoms with van der Waals surface area (Å²) < 4.78 is 46.7. The molecule has 2 N–H and O–H groups in total. The molecule has 1 atom stereocenters. The predicted molar refractivity (Wildman–Crippen MR) is 103 cm³/mol. The Bertz CT molecular complexity index is 672. The van der Waals surface area contributed by atoms with Crippen molar-refractivity contribution in [2.24, 2.45) is 10.9 Å². The highest BCUT2D eigenvalue weighted by Gasteiger charge is 2.28. The van der Waals surface area contributed by atoms with E-state index in [2.05, 4.69) is 15.6 Å². The molecule has 1 aliphatic heterocycles. The molecule has 7 nitrogen and oxygen atoms in total. The Kier molecular flexibility index (Phi) is 8.56. The quantitative estimate of drug-likeness (QED) is 0.499. The number of likely N-dealkylation sites (N-methyl/N-ethyl adjacent to an activating group) is 1. The number of guanidine groups is 1. The van der Waals surface area contributed by atoms with Crippen molar-refractivity contribution in [2.45, 2.75) is 19.1 Å². The van der Waals surface area contributed by atoms with Crippen molar-refractivity contribution >= 4 is 11.9 Å². The third-order valence-electron chi connectivity index (χ3n) is 4.23. The number of halogens is 3. The molecule has 0 aromatic heterocycles. The molecule has 2 rings (SSSR count). The highest BCUT2D eigenvalue weighted by atomic mass is 19.4. The fraction of sp³-hybridized carbons (Fsp3) is 0.579. The normalized spacial score (nSPS) is 17.1. The van der Waals surface area contributed by atoms with Gasteiger partial charge in [-0.2, -0.15) is 13.2 Å². The fourth-order valence-electron chi connectivity index (χ4n) is 2.50. The van der Waals surface area contributed by atoms with Gasteiger partial charge in [0.25, 0.3) is 0 Å². The zero-order valence-electron chi connectivity index (χ0n) is 16.6. The fourth-order valence-corrected chi connectivity index (χ4v) is 2.50. The molecule has 1 unspecified atom stereocenters. The summed E-state index contributed by atoms with van der Waals surface area (Å²) in [4.78, 5) is 17.8. The van der Waals surface area contributed by atoms with Gasteiger partial charge in [-0.1, -0.05) is 12.1 Å². The van der Waals surface area contributed by atoms with Crippen molar-refractivity contribution in [3.8, 4) is 5.75 Å². The topological polar surface area (TPSA) is 75.2 Å². The first-order chi connectivity index (χ1) is 13.7. The molecule has 10 heteroatoms. The van der Waals surface area contributed by atoms with Crippen LogP contribution in [-0.2, 0) is 16.1 Å². The lowest BCUT2D eigenvalue weighted by Gasteiger charge is -2.16. The summed E-state index contributed by atoms with van der Waals surface area (Å²) >= 11 is 0. The molecule has 1 aliphatic rings. The highest BCUT2D eigenvalue weighted by molar-refractivity contribution is 5.86. The molecule has 0 saturated carbocycles. The molecule has 29 heavy (non-hydrogen) atoms. The first kappa shape index (κ1) is 22.8. The second-order valence-corrected chi connectivity index (χ2v) is 6.96. The molecule has 1 heterocycles. The van der Waals surface area contributed by atoms with E-state index < -0.39 is 12.8 Å². The largest absolute Gasteiger partial charge is 0.484 e. The zero-order valence-corrected chi connectivity index (χ0v) is 16.6. The van der Waals surface area contributed by atoms with E-state index in [4.69, 9.17) is 9.47 Å². The molecule has 1 aromatic rings. The maximum Gasteiger partial charge on any atom is 0.422 e. The van der Waals surface area contributed by atoms with E-state index in [0.717, 1.165) is 18.6 Å². The van der Waals surface area contributed by atoms with Crippen molar-refractivity contribution in [2.75, 3.05) is 47.0 Å². The molecule has 1 saturated heterocycles. The minimum Gasteiger partial charge on any atom is -0.484 e. The Morgan fingerprint density at radius 1 is 1.28 bits per heavy atom. The molecule has 162 valence electrons. The van der Waals surface area contributed by atoms with Crippen LogP contribution in [0.25, 0.3) is 0 Å². The van der Waals surface area contributed by atoms with Crippen LogP contribution < -0.4 is 15.4 Å². The SMILES string of the molecule is CN(C)C(=O)CNC(=NCc1ccc(OCC(F)(F)F)cc1)NCC1CCOC1. The molecule has 1 aromatic carbocycles. The molecular weight excluding hydrogens is 389 g/mol. The molecule has 0 aliphatic carbocycles. The minimum atomic E-state index is -4.37. The number of nitrogens with zero attached hydrogens (tertiary/aromatic N) is 2. The van der Waals surface area contributed by atoms with Gasteiger partial charge in [-0.3, -0.25) is 4.79 Å². The number of amides is 1. The summed E-state index contributed by atoms with van der Waals surface area (Å²) in [6.07, 6.45) is -3.40. The van der Waals surface area contributed by atoms with E-state index >= 15 is 0 Å². The monoisotopic (exact) mass is 416 g/mol. The van der Waals surface area contributed by atoms with Gasteiger partial charge in [0.2, 0.25) is 5.91 Å². The van der Waals surface area contributed by atoms with Crippen molar-refractivity contribution in [1.82, 2.24) is 15.5 Å². The average molecular weight is 416 g/mol. The zero-order chi connectivity index (χ0) is 21.3. The van der Waals surface area contributed by atoms with Crippen LogP contribution in [0.3, 0.4) is 0 Å². The van der Waals surface area contributed by atoms with Crippen LogP contribution in [0.1, 0.15) is 12.0 Å². The summed E-state index contributed by atoms with van der Waals surface area (Å²) in [6, 6.07) is 6.26. The molecule has 0 radical (unpaired) electrons. The summed E-state index contributed by atoms with van der Waals surface area (Å²) in [6.45, 7) is 1.18. The third kappa shape index (κ3) is 9.03. The summed E-state index contributed by atoms with van der Waals surface area (Å²) in [7, 11) is 3.35. The van der Waals surface area contributed by atoms with Gasteiger partial charge in [0, 0.05) is 33.2 Å². The Morgan fingerprint density at radius 2 is 2.00 bits per heavy atom. The summed E-state index contributed by atoms with van der Waals surface area (Å²) in [5.74, 6) is 0.931. The molecule has 1 fully saturated rings. The van der Waals surface area contributed by atoms with Gasteiger partial charge < -0.3 is 25.0 Å². The lowest BCUT2D eigenvalue weighted by molar-refractivity contribution is -0.153.